The summed E-state index contributed by atoms with van der Waals surface area (Å²) in [5, 5.41) is 2.98. The number of benzene rings is 1. The van der Waals surface area contributed by atoms with Crippen molar-refractivity contribution < 1.29 is 9.53 Å². The van der Waals surface area contributed by atoms with Gasteiger partial charge in [0.2, 0.25) is 0 Å². The lowest BCUT2D eigenvalue weighted by atomic mass is 10.2. The van der Waals surface area contributed by atoms with Crippen LogP contribution in [0.5, 0.6) is 5.75 Å². The molecule has 0 fully saturated rings. The standard InChI is InChI=1S/C16H17ClN2O2/c1-11(2)10-21-14-8-4-3-7-13(14)19-16(20)12-6-5-9-18-15(12)17/h3-9,11H,10H2,1-2H3,(H,19,20). The second-order valence-electron chi connectivity index (χ2n) is 5.00. The van der Waals surface area contributed by atoms with Gasteiger partial charge in [-0.25, -0.2) is 4.98 Å². The largest absolute Gasteiger partial charge is 0.491 e. The molecular formula is C16H17ClN2O2. The predicted molar refractivity (Wildman–Crippen MR) is 84.0 cm³/mol. The number of hydrogen-bond donors (Lipinski definition) is 1. The van der Waals surface area contributed by atoms with Crippen LogP contribution in [0.4, 0.5) is 5.69 Å². The van der Waals surface area contributed by atoms with Crippen molar-refractivity contribution in [2.45, 2.75) is 13.8 Å². The van der Waals surface area contributed by atoms with Gasteiger partial charge < -0.3 is 10.1 Å². The minimum Gasteiger partial charge on any atom is -0.491 e. The summed E-state index contributed by atoms with van der Waals surface area (Å²) in [5.41, 5.74) is 0.945. The lowest BCUT2D eigenvalue weighted by Crippen LogP contribution is -2.14. The maximum absolute atomic E-state index is 12.2. The summed E-state index contributed by atoms with van der Waals surface area (Å²) in [6, 6.07) is 10.6. The first kappa shape index (κ1) is 15.3. The normalized spacial score (nSPS) is 10.5. The molecule has 1 N–H and O–H groups in total. The Morgan fingerprint density at radius 1 is 1.29 bits per heavy atom. The molecule has 0 aliphatic heterocycles. The van der Waals surface area contributed by atoms with E-state index in [2.05, 4.69) is 24.1 Å². The Hall–Kier alpha value is -2.07. The van der Waals surface area contributed by atoms with E-state index < -0.39 is 0 Å². The van der Waals surface area contributed by atoms with Crippen molar-refractivity contribution in [2.75, 3.05) is 11.9 Å². The van der Waals surface area contributed by atoms with Crippen LogP contribution in [0.1, 0.15) is 24.2 Å². The first-order valence-electron chi connectivity index (χ1n) is 6.71. The van der Waals surface area contributed by atoms with Gasteiger partial charge in [-0.1, -0.05) is 37.6 Å². The zero-order chi connectivity index (χ0) is 15.2. The molecule has 0 aliphatic carbocycles. The van der Waals surface area contributed by atoms with Gasteiger partial charge in [-0.15, -0.1) is 0 Å². The average molecular weight is 305 g/mol. The summed E-state index contributed by atoms with van der Waals surface area (Å²) in [6.07, 6.45) is 1.54. The minimum absolute atomic E-state index is 0.176. The van der Waals surface area contributed by atoms with Crippen LogP contribution >= 0.6 is 11.6 Å². The highest BCUT2D eigenvalue weighted by atomic mass is 35.5. The summed E-state index contributed by atoms with van der Waals surface area (Å²) >= 11 is 5.92. The van der Waals surface area contributed by atoms with Gasteiger partial charge in [-0.2, -0.15) is 0 Å². The molecule has 0 saturated heterocycles. The van der Waals surface area contributed by atoms with Gasteiger partial charge in [0.05, 0.1) is 17.9 Å². The second kappa shape index (κ2) is 7.09. The van der Waals surface area contributed by atoms with Crippen molar-refractivity contribution in [3.05, 3.63) is 53.3 Å². The predicted octanol–water partition coefficient (Wildman–Crippen LogP) is 4.02. The van der Waals surface area contributed by atoms with Crippen molar-refractivity contribution in [1.82, 2.24) is 4.98 Å². The Kier molecular flexibility index (Phi) is 5.17. The molecule has 2 rings (SSSR count). The van der Waals surface area contributed by atoms with Gasteiger partial charge in [0.1, 0.15) is 10.9 Å². The van der Waals surface area contributed by atoms with Crippen LogP contribution < -0.4 is 10.1 Å². The topological polar surface area (TPSA) is 51.2 Å². The van der Waals surface area contributed by atoms with Crippen LogP contribution in [0, 0.1) is 5.92 Å². The number of halogens is 1. The second-order valence-corrected chi connectivity index (χ2v) is 5.35. The Bertz CT molecular complexity index is 629. The fourth-order valence-corrected chi connectivity index (χ4v) is 1.90. The lowest BCUT2D eigenvalue weighted by Gasteiger charge is -2.14. The van der Waals surface area contributed by atoms with E-state index in [1.165, 1.54) is 0 Å². The quantitative estimate of drug-likeness (QED) is 0.849. The number of nitrogens with zero attached hydrogens (tertiary/aromatic N) is 1. The molecule has 4 nitrogen and oxygen atoms in total. The molecule has 0 spiro atoms. The summed E-state index contributed by atoms with van der Waals surface area (Å²) < 4.78 is 5.70. The third-order valence-corrected chi connectivity index (χ3v) is 3.01. The zero-order valence-electron chi connectivity index (χ0n) is 12.0. The Balaban J connectivity index is 2.16. The number of anilines is 1. The first-order valence-corrected chi connectivity index (χ1v) is 7.09. The number of hydrogen-bond acceptors (Lipinski definition) is 3. The van der Waals surface area contributed by atoms with Crippen LogP contribution in [0.15, 0.2) is 42.6 Å². The number of ether oxygens (including phenoxy) is 1. The van der Waals surface area contributed by atoms with Crippen molar-refractivity contribution >= 4 is 23.2 Å². The van der Waals surface area contributed by atoms with Gasteiger partial charge in [0.15, 0.2) is 0 Å². The molecule has 1 amide bonds. The third-order valence-electron chi connectivity index (χ3n) is 2.71. The SMILES string of the molecule is CC(C)COc1ccccc1NC(=O)c1cccnc1Cl. The van der Waals surface area contributed by atoms with Crippen LogP contribution in [0.2, 0.25) is 5.15 Å². The number of aromatic nitrogens is 1. The molecule has 0 bridgehead atoms. The molecule has 2 aromatic rings. The molecule has 0 atom stereocenters. The van der Waals surface area contributed by atoms with Crippen molar-refractivity contribution in [2.24, 2.45) is 5.92 Å². The highest BCUT2D eigenvalue weighted by molar-refractivity contribution is 6.33. The van der Waals surface area contributed by atoms with Gasteiger partial charge >= 0.3 is 0 Å². The van der Waals surface area contributed by atoms with Crippen LogP contribution in [-0.2, 0) is 0 Å². The number of carbonyl (C=O) groups is 1. The van der Waals surface area contributed by atoms with E-state index >= 15 is 0 Å². The molecule has 110 valence electrons. The fourth-order valence-electron chi connectivity index (χ4n) is 1.70. The van der Waals surface area contributed by atoms with Crippen molar-refractivity contribution in [3.8, 4) is 5.75 Å². The lowest BCUT2D eigenvalue weighted by molar-refractivity contribution is 0.102. The Labute approximate surface area is 129 Å². The van der Waals surface area contributed by atoms with Crippen molar-refractivity contribution in [3.63, 3.8) is 0 Å². The molecular weight excluding hydrogens is 288 g/mol. The third kappa shape index (κ3) is 4.20. The maximum Gasteiger partial charge on any atom is 0.258 e. The molecule has 1 aromatic heterocycles. The van der Waals surface area contributed by atoms with Gasteiger partial charge in [-0.05, 0) is 30.2 Å². The van der Waals surface area contributed by atoms with E-state index in [9.17, 15) is 4.79 Å². The molecule has 0 saturated carbocycles. The number of para-hydroxylation sites is 2. The number of carbonyl (C=O) groups excluding carboxylic acids is 1. The molecule has 1 aromatic carbocycles. The van der Waals surface area contributed by atoms with E-state index in [4.69, 9.17) is 16.3 Å². The molecule has 21 heavy (non-hydrogen) atoms. The Morgan fingerprint density at radius 3 is 2.76 bits per heavy atom. The Morgan fingerprint density at radius 2 is 2.05 bits per heavy atom. The van der Waals surface area contributed by atoms with Gasteiger partial charge in [0.25, 0.3) is 5.91 Å². The smallest absolute Gasteiger partial charge is 0.258 e. The van der Waals surface area contributed by atoms with Crippen LogP contribution in [-0.4, -0.2) is 17.5 Å². The fraction of sp³-hybridized carbons (Fsp3) is 0.250. The summed E-state index contributed by atoms with van der Waals surface area (Å²) in [6.45, 7) is 4.72. The number of amides is 1. The number of rotatable bonds is 5. The highest BCUT2D eigenvalue weighted by Crippen LogP contribution is 2.25. The monoisotopic (exact) mass is 304 g/mol. The van der Waals surface area contributed by atoms with E-state index in [1.54, 1.807) is 24.4 Å². The first-order chi connectivity index (χ1) is 10.1. The molecule has 0 radical (unpaired) electrons. The minimum atomic E-state index is -0.311. The summed E-state index contributed by atoms with van der Waals surface area (Å²) in [7, 11) is 0. The van der Waals surface area contributed by atoms with Crippen LogP contribution in [0.3, 0.4) is 0 Å². The maximum atomic E-state index is 12.2. The number of pyridine rings is 1. The van der Waals surface area contributed by atoms with Crippen molar-refractivity contribution in [1.29, 1.82) is 0 Å². The van der Waals surface area contributed by atoms with E-state index in [-0.39, 0.29) is 11.1 Å². The average Bonchev–Trinajstić information content (AvgIpc) is 2.46. The van der Waals surface area contributed by atoms with Gasteiger partial charge in [0, 0.05) is 6.20 Å². The molecule has 0 aliphatic rings. The van der Waals surface area contributed by atoms with Gasteiger partial charge in [-0.3, -0.25) is 4.79 Å². The molecule has 0 unspecified atom stereocenters. The number of nitrogens with one attached hydrogen (secondary N) is 1. The molecule has 5 heteroatoms. The molecule has 1 heterocycles. The van der Waals surface area contributed by atoms with E-state index in [0.29, 0.717) is 29.5 Å². The highest BCUT2D eigenvalue weighted by Gasteiger charge is 2.13. The summed E-state index contributed by atoms with van der Waals surface area (Å²) in [5.74, 6) is 0.731. The zero-order valence-corrected chi connectivity index (χ0v) is 12.7. The van der Waals surface area contributed by atoms with Crippen LogP contribution in [0.25, 0.3) is 0 Å². The van der Waals surface area contributed by atoms with E-state index in [1.807, 2.05) is 18.2 Å². The van der Waals surface area contributed by atoms with E-state index in [0.717, 1.165) is 0 Å². The summed E-state index contributed by atoms with van der Waals surface area (Å²) in [4.78, 5) is 16.1.